The van der Waals surface area contributed by atoms with Gasteiger partial charge in [-0.1, -0.05) is 0 Å². The zero-order chi connectivity index (χ0) is 14.0. The van der Waals surface area contributed by atoms with Crippen LogP contribution in [0.3, 0.4) is 0 Å². The van der Waals surface area contributed by atoms with Crippen LogP contribution >= 0.6 is 31.0 Å². The van der Waals surface area contributed by atoms with E-state index in [0.29, 0.717) is 12.8 Å². The van der Waals surface area contributed by atoms with E-state index >= 15 is 0 Å². The smallest absolute Gasteiger partial charge is 0.396 e. The Kier molecular flexibility index (Phi) is 10.8. The minimum absolute atomic E-state index is 0.0623. The number of phosphoric ester groups is 1. The van der Waals surface area contributed by atoms with Gasteiger partial charge in [-0.15, -0.1) is 23.2 Å². The third-order valence-electron chi connectivity index (χ3n) is 1.73. The topological polar surface area (TPSA) is 65.0 Å². The highest BCUT2D eigenvalue weighted by Crippen LogP contribution is 2.50. The van der Waals surface area contributed by atoms with Crippen LogP contribution < -0.4 is 0 Å². The summed E-state index contributed by atoms with van der Waals surface area (Å²) >= 11 is 11.4. The lowest BCUT2D eigenvalue weighted by Gasteiger charge is -2.19. The van der Waals surface area contributed by atoms with Gasteiger partial charge in [-0.05, 0) is 26.7 Å². The molecular weight excluding hydrogens is 302 g/mol. The van der Waals surface area contributed by atoms with Gasteiger partial charge in [0.05, 0.1) is 30.6 Å². The molecule has 18 heavy (non-hydrogen) atoms. The molecule has 2 atom stereocenters. The molecule has 0 bridgehead atoms. The molecule has 0 aliphatic rings. The van der Waals surface area contributed by atoms with Gasteiger partial charge in [-0.3, -0.25) is 13.6 Å². The van der Waals surface area contributed by atoms with E-state index in [9.17, 15) is 4.57 Å². The van der Waals surface area contributed by atoms with E-state index in [1.165, 1.54) is 0 Å². The SMILES string of the molecule is CC(Cl)COP(=O)(OCCCCO)OCC(C)Cl. The van der Waals surface area contributed by atoms with Gasteiger partial charge in [0.15, 0.2) is 0 Å². The lowest BCUT2D eigenvalue weighted by atomic mass is 10.3. The fourth-order valence-electron chi connectivity index (χ4n) is 0.890. The molecule has 0 aromatic carbocycles. The van der Waals surface area contributed by atoms with Gasteiger partial charge in [0.2, 0.25) is 0 Å². The van der Waals surface area contributed by atoms with Crippen molar-refractivity contribution >= 4 is 31.0 Å². The Morgan fingerprint density at radius 1 is 1.06 bits per heavy atom. The molecule has 0 aliphatic heterocycles. The average molecular weight is 323 g/mol. The number of aliphatic hydroxyl groups is 1. The summed E-state index contributed by atoms with van der Waals surface area (Å²) in [6.45, 7) is 3.80. The quantitative estimate of drug-likeness (QED) is 0.359. The van der Waals surface area contributed by atoms with Gasteiger partial charge in [0.1, 0.15) is 0 Å². The highest BCUT2D eigenvalue weighted by molar-refractivity contribution is 7.48. The average Bonchev–Trinajstić information content (AvgIpc) is 2.30. The Balaban J connectivity index is 4.16. The van der Waals surface area contributed by atoms with Crippen LogP contribution in [0.2, 0.25) is 0 Å². The molecule has 5 nitrogen and oxygen atoms in total. The molecule has 1 N–H and O–H groups in total. The van der Waals surface area contributed by atoms with E-state index in [1.54, 1.807) is 13.8 Å². The van der Waals surface area contributed by atoms with Gasteiger partial charge in [-0.25, -0.2) is 4.57 Å². The molecule has 110 valence electrons. The molecule has 2 unspecified atom stereocenters. The summed E-state index contributed by atoms with van der Waals surface area (Å²) < 4.78 is 27.4. The van der Waals surface area contributed by atoms with Crippen LogP contribution in [0.15, 0.2) is 0 Å². The summed E-state index contributed by atoms with van der Waals surface area (Å²) in [6, 6.07) is 0. The zero-order valence-electron chi connectivity index (χ0n) is 10.7. The van der Waals surface area contributed by atoms with E-state index in [1.807, 2.05) is 0 Å². The van der Waals surface area contributed by atoms with Crippen molar-refractivity contribution in [2.24, 2.45) is 0 Å². The van der Waals surface area contributed by atoms with Crippen LogP contribution in [0.1, 0.15) is 26.7 Å². The second-order valence-corrected chi connectivity index (χ2v) is 7.02. The molecular formula is C10H21Cl2O5P. The summed E-state index contributed by atoms with van der Waals surface area (Å²) in [5, 5.41) is 8.04. The summed E-state index contributed by atoms with van der Waals surface area (Å²) in [5.74, 6) is 0. The maximum absolute atomic E-state index is 12.1. The Hall–Kier alpha value is 0.650. The van der Waals surface area contributed by atoms with Crippen LogP contribution in [0.5, 0.6) is 0 Å². The van der Waals surface area contributed by atoms with E-state index in [-0.39, 0.29) is 37.2 Å². The molecule has 0 spiro atoms. The Morgan fingerprint density at radius 3 is 1.94 bits per heavy atom. The minimum atomic E-state index is -3.62. The number of phosphoric acid groups is 1. The van der Waals surface area contributed by atoms with Gasteiger partial charge in [-0.2, -0.15) is 0 Å². The largest absolute Gasteiger partial charge is 0.474 e. The summed E-state index contributed by atoms with van der Waals surface area (Å²) in [5.41, 5.74) is 0. The Morgan fingerprint density at radius 2 is 1.56 bits per heavy atom. The molecule has 0 rings (SSSR count). The first-order valence-corrected chi connectivity index (χ1v) is 8.15. The number of aliphatic hydroxyl groups excluding tert-OH is 1. The fraction of sp³-hybridized carbons (Fsp3) is 1.00. The maximum atomic E-state index is 12.1. The highest BCUT2D eigenvalue weighted by Gasteiger charge is 2.27. The maximum Gasteiger partial charge on any atom is 0.474 e. The van der Waals surface area contributed by atoms with Crippen LogP contribution in [0, 0.1) is 0 Å². The number of rotatable bonds is 11. The molecule has 0 heterocycles. The summed E-state index contributed by atoms with van der Waals surface area (Å²) in [4.78, 5) is 0. The van der Waals surface area contributed by atoms with Crippen molar-refractivity contribution in [3.63, 3.8) is 0 Å². The second kappa shape index (κ2) is 10.4. The van der Waals surface area contributed by atoms with Crippen LogP contribution in [0.25, 0.3) is 0 Å². The predicted molar refractivity (Wildman–Crippen MR) is 72.4 cm³/mol. The molecule has 0 aromatic rings. The minimum Gasteiger partial charge on any atom is -0.396 e. The number of hydrogen-bond donors (Lipinski definition) is 1. The van der Waals surface area contributed by atoms with E-state index in [2.05, 4.69) is 0 Å². The normalized spacial score (nSPS) is 18.3. The summed E-state index contributed by atoms with van der Waals surface area (Å²) in [6.07, 6.45) is 1.14. The molecule has 8 heteroatoms. The molecule has 0 fully saturated rings. The molecule has 0 aromatic heterocycles. The molecule has 0 radical (unpaired) electrons. The van der Waals surface area contributed by atoms with Gasteiger partial charge in [0, 0.05) is 6.61 Å². The third kappa shape index (κ3) is 10.6. The molecule has 0 saturated carbocycles. The third-order valence-corrected chi connectivity index (χ3v) is 3.41. The highest BCUT2D eigenvalue weighted by atomic mass is 35.5. The van der Waals surface area contributed by atoms with Crippen LogP contribution in [-0.2, 0) is 18.1 Å². The standard InChI is InChI=1S/C10H21Cl2O5P/c1-9(11)7-16-18(14,17-8-10(2)12)15-6-4-3-5-13/h9-10,13H,3-8H2,1-2H3. The van der Waals surface area contributed by atoms with Gasteiger partial charge in [0.25, 0.3) is 0 Å². The Labute approximate surface area is 118 Å². The van der Waals surface area contributed by atoms with E-state index in [4.69, 9.17) is 41.9 Å². The number of alkyl halides is 2. The monoisotopic (exact) mass is 322 g/mol. The van der Waals surface area contributed by atoms with Gasteiger partial charge >= 0.3 is 7.82 Å². The van der Waals surface area contributed by atoms with E-state index < -0.39 is 7.82 Å². The first-order chi connectivity index (χ1) is 8.39. The molecule has 0 amide bonds. The number of unbranched alkanes of at least 4 members (excludes halogenated alkanes) is 1. The second-order valence-electron chi connectivity index (χ2n) is 3.86. The molecule has 0 saturated heterocycles. The number of halogens is 2. The first kappa shape index (κ1) is 18.7. The molecule has 0 aliphatic carbocycles. The van der Waals surface area contributed by atoms with Crippen molar-refractivity contribution in [3.05, 3.63) is 0 Å². The van der Waals surface area contributed by atoms with Crippen LogP contribution in [-0.4, -0.2) is 42.3 Å². The van der Waals surface area contributed by atoms with Crippen molar-refractivity contribution in [2.75, 3.05) is 26.4 Å². The van der Waals surface area contributed by atoms with Crippen LogP contribution in [0.4, 0.5) is 0 Å². The van der Waals surface area contributed by atoms with Gasteiger partial charge < -0.3 is 5.11 Å². The fourth-order valence-corrected chi connectivity index (χ4v) is 2.58. The number of hydrogen-bond acceptors (Lipinski definition) is 5. The summed E-state index contributed by atoms with van der Waals surface area (Å²) in [7, 11) is -3.62. The van der Waals surface area contributed by atoms with Crippen molar-refractivity contribution in [3.8, 4) is 0 Å². The van der Waals surface area contributed by atoms with Crippen molar-refractivity contribution < 1.29 is 23.2 Å². The predicted octanol–water partition coefficient (Wildman–Crippen LogP) is 3.17. The van der Waals surface area contributed by atoms with Crippen molar-refractivity contribution in [2.45, 2.75) is 37.4 Å². The van der Waals surface area contributed by atoms with E-state index in [0.717, 1.165) is 0 Å². The zero-order valence-corrected chi connectivity index (χ0v) is 13.1. The first-order valence-electron chi connectivity index (χ1n) is 5.82. The lowest BCUT2D eigenvalue weighted by molar-refractivity contribution is 0.111. The lowest BCUT2D eigenvalue weighted by Crippen LogP contribution is -2.11. The van der Waals surface area contributed by atoms with Crippen molar-refractivity contribution in [1.82, 2.24) is 0 Å². The Bertz CT molecular complexity index is 234. The van der Waals surface area contributed by atoms with Crippen molar-refractivity contribution in [1.29, 1.82) is 0 Å².